The summed E-state index contributed by atoms with van der Waals surface area (Å²) < 4.78 is 40.8. The summed E-state index contributed by atoms with van der Waals surface area (Å²) in [6.07, 6.45) is -1.66. The summed E-state index contributed by atoms with van der Waals surface area (Å²) in [5.74, 6) is 0.885. The fourth-order valence-electron chi connectivity index (χ4n) is 2.78. The average Bonchev–Trinajstić information content (AvgIpc) is 2.64. The number of halogens is 4. The van der Waals surface area contributed by atoms with Crippen LogP contribution in [-0.2, 0) is 19.6 Å². The van der Waals surface area contributed by atoms with Crippen LogP contribution in [0.3, 0.4) is 0 Å². The van der Waals surface area contributed by atoms with E-state index in [0.717, 1.165) is 43.3 Å². The zero-order valence-electron chi connectivity index (χ0n) is 12.0. The Morgan fingerprint density at radius 3 is 2.77 bits per heavy atom. The van der Waals surface area contributed by atoms with Gasteiger partial charge in [0, 0.05) is 24.7 Å². The maximum atomic E-state index is 13.0. The lowest BCUT2D eigenvalue weighted by Crippen LogP contribution is -2.06. The SMILES string of the molecule is Cn1nc(-c2ccc(Cl)c(C(F)(F)F)c2)c2c1NCCCC2. The Labute approximate surface area is 131 Å². The predicted octanol–water partition coefficient (Wildman–Crippen LogP) is 4.51. The fraction of sp³-hybridized carbons (Fsp3) is 0.400. The minimum absolute atomic E-state index is 0.295. The molecule has 1 aliphatic rings. The highest BCUT2D eigenvalue weighted by atomic mass is 35.5. The van der Waals surface area contributed by atoms with E-state index in [1.54, 1.807) is 17.8 Å². The second-order valence-electron chi connectivity index (χ2n) is 5.38. The Hall–Kier alpha value is -1.69. The minimum atomic E-state index is -4.48. The Balaban J connectivity index is 2.13. The quantitative estimate of drug-likeness (QED) is 0.834. The van der Waals surface area contributed by atoms with Crippen molar-refractivity contribution in [2.24, 2.45) is 7.05 Å². The van der Waals surface area contributed by atoms with Gasteiger partial charge in [-0.05, 0) is 31.4 Å². The van der Waals surface area contributed by atoms with Gasteiger partial charge in [0.05, 0.1) is 16.3 Å². The Bertz CT molecular complexity index is 707. The van der Waals surface area contributed by atoms with Crippen molar-refractivity contribution in [3.63, 3.8) is 0 Å². The first-order chi connectivity index (χ1) is 10.4. The Morgan fingerprint density at radius 2 is 2.05 bits per heavy atom. The number of aryl methyl sites for hydroxylation is 1. The van der Waals surface area contributed by atoms with Gasteiger partial charge in [0.1, 0.15) is 5.82 Å². The summed E-state index contributed by atoms with van der Waals surface area (Å²) in [7, 11) is 1.79. The third kappa shape index (κ3) is 2.67. The van der Waals surface area contributed by atoms with Crippen LogP contribution >= 0.6 is 11.6 Å². The molecule has 0 spiro atoms. The smallest absolute Gasteiger partial charge is 0.370 e. The van der Waals surface area contributed by atoms with Crippen LogP contribution in [0.5, 0.6) is 0 Å². The number of benzene rings is 1. The normalized spacial score (nSPS) is 15.1. The van der Waals surface area contributed by atoms with Crippen LogP contribution in [0.4, 0.5) is 19.0 Å². The van der Waals surface area contributed by atoms with Crippen molar-refractivity contribution in [1.29, 1.82) is 0 Å². The standard InChI is InChI=1S/C15H15ClF3N3/c1-22-14-10(4-2-3-7-20-14)13(21-22)9-5-6-12(16)11(8-9)15(17,18)19/h5-6,8,20H,2-4,7H2,1H3. The number of rotatable bonds is 1. The molecule has 0 saturated heterocycles. The largest absolute Gasteiger partial charge is 0.417 e. The summed E-state index contributed by atoms with van der Waals surface area (Å²) in [6.45, 7) is 0.848. The van der Waals surface area contributed by atoms with Crippen molar-refractivity contribution < 1.29 is 13.2 Å². The van der Waals surface area contributed by atoms with E-state index >= 15 is 0 Å². The number of aromatic nitrogens is 2. The van der Waals surface area contributed by atoms with Crippen LogP contribution < -0.4 is 5.32 Å². The third-order valence-electron chi connectivity index (χ3n) is 3.84. The van der Waals surface area contributed by atoms with Crippen LogP contribution in [0.2, 0.25) is 5.02 Å². The maximum absolute atomic E-state index is 13.0. The molecule has 0 radical (unpaired) electrons. The molecule has 22 heavy (non-hydrogen) atoms. The zero-order valence-corrected chi connectivity index (χ0v) is 12.7. The van der Waals surface area contributed by atoms with Crippen LogP contribution in [0.1, 0.15) is 24.0 Å². The van der Waals surface area contributed by atoms with Crippen molar-refractivity contribution in [3.05, 3.63) is 34.3 Å². The molecule has 0 saturated carbocycles. The van der Waals surface area contributed by atoms with Crippen molar-refractivity contribution in [1.82, 2.24) is 9.78 Å². The molecule has 0 aliphatic carbocycles. The van der Waals surface area contributed by atoms with E-state index in [4.69, 9.17) is 11.6 Å². The van der Waals surface area contributed by atoms with Crippen LogP contribution in [0.15, 0.2) is 18.2 Å². The molecule has 1 aliphatic heterocycles. The first-order valence-electron chi connectivity index (χ1n) is 7.05. The molecule has 0 fully saturated rings. The van der Waals surface area contributed by atoms with Gasteiger partial charge in [-0.3, -0.25) is 4.68 Å². The van der Waals surface area contributed by atoms with Crippen molar-refractivity contribution in [3.8, 4) is 11.3 Å². The van der Waals surface area contributed by atoms with Gasteiger partial charge in [-0.1, -0.05) is 17.7 Å². The average molecular weight is 330 g/mol. The molecule has 118 valence electrons. The predicted molar refractivity (Wildman–Crippen MR) is 80.1 cm³/mol. The topological polar surface area (TPSA) is 29.9 Å². The highest BCUT2D eigenvalue weighted by molar-refractivity contribution is 6.31. The first kappa shape index (κ1) is 15.2. The van der Waals surface area contributed by atoms with Gasteiger partial charge in [0.25, 0.3) is 0 Å². The van der Waals surface area contributed by atoms with Crippen LogP contribution in [0.25, 0.3) is 11.3 Å². The number of alkyl halides is 3. The second kappa shape index (κ2) is 5.50. The van der Waals surface area contributed by atoms with Crippen molar-refractivity contribution in [2.45, 2.75) is 25.4 Å². The van der Waals surface area contributed by atoms with E-state index in [2.05, 4.69) is 10.4 Å². The van der Waals surface area contributed by atoms with Crippen molar-refractivity contribution in [2.75, 3.05) is 11.9 Å². The van der Waals surface area contributed by atoms with E-state index < -0.39 is 11.7 Å². The van der Waals surface area contributed by atoms with E-state index in [-0.39, 0.29) is 5.02 Å². The molecular formula is C15H15ClF3N3. The van der Waals surface area contributed by atoms with Gasteiger partial charge in [-0.25, -0.2) is 0 Å². The second-order valence-corrected chi connectivity index (χ2v) is 5.78. The van der Waals surface area contributed by atoms with Crippen molar-refractivity contribution >= 4 is 17.4 Å². The molecular weight excluding hydrogens is 315 g/mol. The van der Waals surface area contributed by atoms with Crippen LogP contribution in [-0.4, -0.2) is 16.3 Å². The highest BCUT2D eigenvalue weighted by Gasteiger charge is 2.34. The van der Waals surface area contributed by atoms with E-state index in [1.807, 2.05) is 0 Å². The lowest BCUT2D eigenvalue weighted by Gasteiger charge is -2.10. The molecule has 7 heteroatoms. The number of nitrogens with one attached hydrogen (secondary N) is 1. The molecule has 0 atom stereocenters. The van der Waals surface area contributed by atoms with E-state index in [1.165, 1.54) is 6.07 Å². The fourth-order valence-corrected chi connectivity index (χ4v) is 3.01. The van der Waals surface area contributed by atoms with Gasteiger partial charge in [0.2, 0.25) is 0 Å². The number of anilines is 1. The number of hydrogen-bond donors (Lipinski definition) is 1. The summed E-state index contributed by atoms with van der Waals surface area (Å²) >= 11 is 5.69. The highest BCUT2D eigenvalue weighted by Crippen LogP contribution is 2.39. The third-order valence-corrected chi connectivity index (χ3v) is 4.17. The Morgan fingerprint density at radius 1 is 1.27 bits per heavy atom. The summed E-state index contributed by atoms with van der Waals surface area (Å²) in [5, 5.41) is 7.40. The maximum Gasteiger partial charge on any atom is 0.417 e. The zero-order chi connectivity index (χ0) is 15.9. The van der Waals surface area contributed by atoms with Gasteiger partial charge in [0.15, 0.2) is 0 Å². The summed E-state index contributed by atoms with van der Waals surface area (Å²) in [5.41, 5.74) is 1.18. The summed E-state index contributed by atoms with van der Waals surface area (Å²) in [4.78, 5) is 0. The Kier molecular flexibility index (Phi) is 3.80. The van der Waals surface area contributed by atoms with Gasteiger partial charge >= 0.3 is 6.18 Å². The number of fused-ring (bicyclic) bond motifs is 1. The minimum Gasteiger partial charge on any atom is -0.370 e. The lowest BCUT2D eigenvalue weighted by molar-refractivity contribution is -0.137. The van der Waals surface area contributed by atoms with Gasteiger partial charge < -0.3 is 5.32 Å². The monoisotopic (exact) mass is 329 g/mol. The molecule has 1 aromatic carbocycles. The molecule has 1 N–H and O–H groups in total. The van der Waals surface area contributed by atoms with Gasteiger partial charge in [-0.2, -0.15) is 18.3 Å². The van der Waals surface area contributed by atoms with Crippen LogP contribution in [0, 0.1) is 0 Å². The number of hydrogen-bond acceptors (Lipinski definition) is 2. The molecule has 2 aromatic rings. The summed E-state index contributed by atoms with van der Waals surface area (Å²) in [6, 6.07) is 3.95. The molecule has 0 unspecified atom stereocenters. The molecule has 2 heterocycles. The number of nitrogens with zero attached hydrogens (tertiary/aromatic N) is 2. The molecule has 0 bridgehead atoms. The molecule has 3 nitrogen and oxygen atoms in total. The first-order valence-corrected chi connectivity index (χ1v) is 7.42. The van der Waals surface area contributed by atoms with E-state index in [9.17, 15) is 13.2 Å². The molecule has 1 aromatic heterocycles. The van der Waals surface area contributed by atoms with E-state index in [0.29, 0.717) is 11.3 Å². The molecule has 3 rings (SSSR count). The lowest BCUT2D eigenvalue weighted by atomic mass is 10.0. The van der Waals surface area contributed by atoms with Gasteiger partial charge in [-0.15, -0.1) is 0 Å². The molecule has 0 amide bonds.